The Hall–Kier alpha value is -2.01. The molecule has 0 aliphatic heterocycles. The van der Waals surface area contributed by atoms with Crippen molar-refractivity contribution >= 4 is 0 Å². The number of benzene rings is 1. The standard InChI is InChI=1S/C14H19N3O2/c1-15-13(10-17-8-7-16(2)14(17)18)11-5-4-6-12(9-11)19-3/h4-9,13,15H,10H2,1-3H3. The van der Waals surface area contributed by atoms with Gasteiger partial charge in [0.15, 0.2) is 0 Å². The van der Waals surface area contributed by atoms with E-state index >= 15 is 0 Å². The van der Waals surface area contributed by atoms with Gasteiger partial charge in [-0.15, -0.1) is 0 Å². The second-order valence-corrected chi connectivity index (χ2v) is 4.46. The molecule has 19 heavy (non-hydrogen) atoms. The van der Waals surface area contributed by atoms with Crippen molar-refractivity contribution < 1.29 is 4.74 Å². The predicted octanol–water partition coefficient (Wildman–Crippen LogP) is 1.16. The van der Waals surface area contributed by atoms with Crippen LogP contribution in [-0.2, 0) is 13.6 Å². The number of methoxy groups -OCH3 is 1. The van der Waals surface area contributed by atoms with E-state index in [0.29, 0.717) is 6.54 Å². The van der Waals surface area contributed by atoms with Crippen molar-refractivity contribution in [1.82, 2.24) is 14.5 Å². The highest BCUT2D eigenvalue weighted by atomic mass is 16.5. The van der Waals surface area contributed by atoms with E-state index in [9.17, 15) is 4.79 Å². The largest absolute Gasteiger partial charge is 0.497 e. The Kier molecular flexibility index (Phi) is 4.06. The molecule has 1 heterocycles. The second-order valence-electron chi connectivity index (χ2n) is 4.46. The van der Waals surface area contributed by atoms with Crippen molar-refractivity contribution in [3.05, 3.63) is 52.7 Å². The lowest BCUT2D eigenvalue weighted by Gasteiger charge is -2.17. The van der Waals surface area contributed by atoms with Crippen LogP contribution >= 0.6 is 0 Å². The minimum absolute atomic E-state index is 0.0110. The van der Waals surface area contributed by atoms with E-state index in [1.807, 2.05) is 31.3 Å². The third-order valence-corrected chi connectivity index (χ3v) is 3.24. The minimum atomic E-state index is -0.0110. The predicted molar refractivity (Wildman–Crippen MR) is 74.5 cm³/mol. The Morgan fingerprint density at radius 2 is 2.16 bits per heavy atom. The van der Waals surface area contributed by atoms with Gasteiger partial charge in [-0.25, -0.2) is 4.79 Å². The average molecular weight is 261 g/mol. The highest BCUT2D eigenvalue weighted by molar-refractivity contribution is 5.30. The summed E-state index contributed by atoms with van der Waals surface area (Å²) in [6.45, 7) is 0.587. The van der Waals surface area contributed by atoms with E-state index in [-0.39, 0.29) is 11.7 Å². The molecule has 102 valence electrons. The van der Waals surface area contributed by atoms with Crippen LogP contribution in [0.5, 0.6) is 5.75 Å². The third kappa shape index (κ3) is 2.88. The van der Waals surface area contributed by atoms with Gasteiger partial charge in [-0.2, -0.15) is 0 Å². The van der Waals surface area contributed by atoms with E-state index in [2.05, 4.69) is 5.32 Å². The zero-order valence-corrected chi connectivity index (χ0v) is 11.5. The number of hydrogen-bond acceptors (Lipinski definition) is 3. The monoisotopic (exact) mass is 261 g/mol. The van der Waals surface area contributed by atoms with Crippen molar-refractivity contribution in [1.29, 1.82) is 0 Å². The molecule has 0 fully saturated rings. The molecule has 1 aromatic carbocycles. The van der Waals surface area contributed by atoms with Crippen LogP contribution in [0.3, 0.4) is 0 Å². The summed E-state index contributed by atoms with van der Waals surface area (Å²) in [6, 6.07) is 7.93. The molecule has 0 aliphatic rings. The summed E-state index contributed by atoms with van der Waals surface area (Å²) >= 11 is 0. The summed E-state index contributed by atoms with van der Waals surface area (Å²) in [5.74, 6) is 0.818. The molecule has 0 saturated heterocycles. The molecule has 1 aromatic heterocycles. The first-order chi connectivity index (χ1) is 9.15. The van der Waals surface area contributed by atoms with Crippen LogP contribution < -0.4 is 15.7 Å². The first kappa shape index (κ1) is 13.4. The SMILES string of the molecule is CNC(Cn1ccn(C)c1=O)c1cccc(OC)c1. The summed E-state index contributed by atoms with van der Waals surface area (Å²) in [5.41, 5.74) is 1.08. The van der Waals surface area contributed by atoms with Crippen LogP contribution in [-0.4, -0.2) is 23.3 Å². The zero-order valence-electron chi connectivity index (χ0n) is 11.5. The lowest BCUT2D eigenvalue weighted by atomic mass is 10.1. The summed E-state index contributed by atoms with van der Waals surface area (Å²) in [7, 11) is 5.28. The summed E-state index contributed by atoms with van der Waals surface area (Å²) in [5, 5.41) is 3.23. The lowest BCUT2D eigenvalue weighted by Crippen LogP contribution is -2.29. The van der Waals surface area contributed by atoms with Gasteiger partial charge < -0.3 is 14.6 Å². The number of hydrogen-bond donors (Lipinski definition) is 1. The van der Waals surface area contributed by atoms with Crippen molar-refractivity contribution in [3.63, 3.8) is 0 Å². The zero-order chi connectivity index (χ0) is 13.8. The van der Waals surface area contributed by atoms with Crippen molar-refractivity contribution in [3.8, 4) is 5.75 Å². The lowest BCUT2D eigenvalue weighted by molar-refractivity contribution is 0.412. The van der Waals surface area contributed by atoms with E-state index in [4.69, 9.17) is 4.74 Å². The molecular weight excluding hydrogens is 242 g/mol. The van der Waals surface area contributed by atoms with Gasteiger partial charge in [0.1, 0.15) is 5.75 Å². The maximum atomic E-state index is 11.8. The fraction of sp³-hybridized carbons (Fsp3) is 0.357. The van der Waals surface area contributed by atoms with Crippen LogP contribution in [0.2, 0.25) is 0 Å². The van der Waals surface area contributed by atoms with Gasteiger partial charge in [-0.3, -0.25) is 4.57 Å². The number of rotatable bonds is 5. The minimum Gasteiger partial charge on any atom is -0.497 e. The Labute approximate surface area is 112 Å². The third-order valence-electron chi connectivity index (χ3n) is 3.24. The van der Waals surface area contributed by atoms with E-state index in [1.54, 1.807) is 35.7 Å². The molecule has 0 bridgehead atoms. The highest BCUT2D eigenvalue weighted by Gasteiger charge is 2.12. The summed E-state index contributed by atoms with van der Waals surface area (Å²) in [6.07, 6.45) is 3.56. The van der Waals surface area contributed by atoms with Crippen molar-refractivity contribution in [2.45, 2.75) is 12.6 Å². The van der Waals surface area contributed by atoms with Crippen LogP contribution in [0.1, 0.15) is 11.6 Å². The van der Waals surface area contributed by atoms with E-state index in [1.165, 1.54) is 0 Å². The van der Waals surface area contributed by atoms with Gasteiger partial charge in [0, 0.05) is 26.0 Å². The maximum Gasteiger partial charge on any atom is 0.327 e. The quantitative estimate of drug-likeness (QED) is 0.878. The fourth-order valence-electron chi connectivity index (χ4n) is 2.07. The van der Waals surface area contributed by atoms with Crippen LogP contribution in [0, 0.1) is 0 Å². The van der Waals surface area contributed by atoms with Gasteiger partial charge >= 0.3 is 5.69 Å². The van der Waals surface area contributed by atoms with Gasteiger partial charge in [0.05, 0.1) is 13.2 Å². The van der Waals surface area contributed by atoms with E-state index in [0.717, 1.165) is 11.3 Å². The fourth-order valence-corrected chi connectivity index (χ4v) is 2.07. The van der Waals surface area contributed by atoms with Crippen LogP contribution in [0.4, 0.5) is 0 Å². The Morgan fingerprint density at radius 1 is 1.37 bits per heavy atom. The van der Waals surface area contributed by atoms with Crippen LogP contribution in [0.25, 0.3) is 0 Å². The molecule has 0 amide bonds. The summed E-state index contributed by atoms with van der Waals surface area (Å²) < 4.78 is 8.49. The van der Waals surface area contributed by atoms with Gasteiger partial charge in [-0.05, 0) is 24.7 Å². The molecule has 1 atom stereocenters. The van der Waals surface area contributed by atoms with E-state index < -0.39 is 0 Å². The number of aryl methyl sites for hydroxylation is 1. The molecule has 0 saturated carbocycles. The van der Waals surface area contributed by atoms with Crippen molar-refractivity contribution in [2.75, 3.05) is 14.2 Å². The van der Waals surface area contributed by atoms with Gasteiger partial charge in [-0.1, -0.05) is 12.1 Å². The number of likely N-dealkylation sites (N-methyl/N-ethyl adjacent to an activating group) is 1. The Balaban J connectivity index is 2.24. The summed E-state index contributed by atoms with van der Waals surface area (Å²) in [4.78, 5) is 11.8. The molecule has 0 aliphatic carbocycles. The molecule has 5 nitrogen and oxygen atoms in total. The molecule has 0 spiro atoms. The Bertz CT molecular complexity index is 601. The first-order valence-electron chi connectivity index (χ1n) is 6.18. The molecule has 0 radical (unpaired) electrons. The molecule has 1 unspecified atom stereocenters. The first-order valence-corrected chi connectivity index (χ1v) is 6.18. The number of nitrogens with zero attached hydrogens (tertiary/aromatic N) is 2. The van der Waals surface area contributed by atoms with Gasteiger partial charge in [0.2, 0.25) is 0 Å². The molecule has 5 heteroatoms. The van der Waals surface area contributed by atoms with Crippen molar-refractivity contribution in [2.24, 2.45) is 7.05 Å². The molecular formula is C14H19N3O2. The normalized spacial score (nSPS) is 12.4. The smallest absolute Gasteiger partial charge is 0.327 e. The molecule has 2 rings (SSSR count). The topological polar surface area (TPSA) is 48.2 Å². The molecule has 1 N–H and O–H groups in total. The number of imidazole rings is 1. The number of ether oxygens (including phenoxy) is 1. The second kappa shape index (κ2) is 5.75. The number of nitrogens with one attached hydrogen (secondary N) is 1. The molecule has 2 aromatic rings. The maximum absolute atomic E-state index is 11.8. The average Bonchev–Trinajstić information content (AvgIpc) is 2.76. The van der Waals surface area contributed by atoms with Crippen LogP contribution in [0.15, 0.2) is 41.5 Å². The highest BCUT2D eigenvalue weighted by Crippen LogP contribution is 2.19. The van der Waals surface area contributed by atoms with Gasteiger partial charge in [0.25, 0.3) is 0 Å². The number of aromatic nitrogens is 2. The Morgan fingerprint density at radius 3 is 2.74 bits per heavy atom.